The molecule has 6 nitrogen and oxygen atoms in total. The Hall–Kier alpha value is -1.30. The van der Waals surface area contributed by atoms with E-state index in [9.17, 15) is 9.59 Å². The van der Waals surface area contributed by atoms with Crippen LogP contribution in [0.15, 0.2) is 0 Å². The van der Waals surface area contributed by atoms with Crippen LogP contribution in [0.3, 0.4) is 0 Å². The fourth-order valence-corrected chi connectivity index (χ4v) is 2.69. The number of rotatable bonds is 4. The van der Waals surface area contributed by atoms with Gasteiger partial charge in [0.25, 0.3) is 0 Å². The number of likely N-dealkylation sites (N-methyl/N-ethyl adjacent to an activating group) is 1. The van der Waals surface area contributed by atoms with Crippen LogP contribution in [0.5, 0.6) is 0 Å². The van der Waals surface area contributed by atoms with Gasteiger partial charge in [0, 0.05) is 26.2 Å². The SMILES string of the molecule is CC(NC1CCC(NC(=O)OC(C)(C)C)CC1)C(=O)N(C)C. The van der Waals surface area contributed by atoms with E-state index in [2.05, 4.69) is 10.6 Å². The van der Waals surface area contributed by atoms with E-state index in [-0.39, 0.29) is 24.1 Å². The van der Waals surface area contributed by atoms with Crippen LogP contribution in [0.4, 0.5) is 4.79 Å². The zero-order chi connectivity index (χ0) is 16.9. The van der Waals surface area contributed by atoms with Crippen LogP contribution in [-0.4, -0.2) is 54.7 Å². The van der Waals surface area contributed by atoms with Gasteiger partial charge >= 0.3 is 6.09 Å². The highest BCUT2D eigenvalue weighted by Gasteiger charge is 2.26. The Kier molecular flexibility index (Phi) is 6.66. The topological polar surface area (TPSA) is 70.7 Å². The van der Waals surface area contributed by atoms with Crippen LogP contribution in [0.1, 0.15) is 53.4 Å². The molecule has 0 aromatic rings. The molecule has 0 spiro atoms. The normalized spacial score (nSPS) is 23.5. The first kappa shape index (κ1) is 18.7. The smallest absolute Gasteiger partial charge is 0.407 e. The second kappa shape index (κ2) is 7.81. The number of alkyl carbamates (subject to hydrolysis) is 1. The number of ether oxygens (including phenoxy) is 1. The molecule has 1 saturated carbocycles. The minimum absolute atomic E-state index is 0.0917. The summed E-state index contributed by atoms with van der Waals surface area (Å²) in [5, 5.41) is 6.30. The van der Waals surface area contributed by atoms with Crippen LogP contribution in [0, 0.1) is 0 Å². The Morgan fingerprint density at radius 1 is 1.09 bits per heavy atom. The third-order valence-electron chi connectivity index (χ3n) is 3.74. The lowest BCUT2D eigenvalue weighted by Crippen LogP contribution is -2.49. The first-order valence-corrected chi connectivity index (χ1v) is 8.05. The predicted octanol–water partition coefficient (Wildman–Crippen LogP) is 1.89. The molecule has 0 saturated heterocycles. The van der Waals surface area contributed by atoms with E-state index in [1.807, 2.05) is 27.7 Å². The van der Waals surface area contributed by atoms with Gasteiger partial charge in [-0.1, -0.05) is 0 Å². The van der Waals surface area contributed by atoms with Gasteiger partial charge in [-0.15, -0.1) is 0 Å². The van der Waals surface area contributed by atoms with Gasteiger partial charge in [0.1, 0.15) is 5.60 Å². The quantitative estimate of drug-likeness (QED) is 0.831. The van der Waals surface area contributed by atoms with Crippen molar-refractivity contribution >= 4 is 12.0 Å². The molecule has 1 rings (SSSR count). The summed E-state index contributed by atoms with van der Waals surface area (Å²) in [6.45, 7) is 7.47. The van der Waals surface area contributed by atoms with Gasteiger partial charge < -0.3 is 20.3 Å². The summed E-state index contributed by atoms with van der Waals surface area (Å²) in [7, 11) is 3.53. The Balaban J connectivity index is 2.32. The fraction of sp³-hybridized carbons (Fsp3) is 0.875. The van der Waals surface area contributed by atoms with E-state index >= 15 is 0 Å². The van der Waals surface area contributed by atoms with E-state index in [1.165, 1.54) is 0 Å². The molecule has 1 atom stereocenters. The summed E-state index contributed by atoms with van der Waals surface area (Å²) in [6.07, 6.45) is 3.36. The molecule has 6 heteroatoms. The molecule has 2 amide bonds. The lowest BCUT2D eigenvalue weighted by atomic mass is 9.91. The molecule has 0 radical (unpaired) electrons. The lowest BCUT2D eigenvalue weighted by Gasteiger charge is -2.32. The number of carbonyl (C=O) groups excluding carboxylic acids is 2. The highest BCUT2D eigenvalue weighted by Crippen LogP contribution is 2.20. The van der Waals surface area contributed by atoms with Crippen molar-refractivity contribution in [1.82, 2.24) is 15.5 Å². The Morgan fingerprint density at radius 3 is 2.05 bits per heavy atom. The average molecular weight is 313 g/mol. The van der Waals surface area contributed by atoms with Crippen molar-refractivity contribution in [3.05, 3.63) is 0 Å². The lowest BCUT2D eigenvalue weighted by molar-refractivity contribution is -0.130. The third-order valence-corrected chi connectivity index (χ3v) is 3.74. The van der Waals surface area contributed by atoms with E-state index in [1.54, 1.807) is 19.0 Å². The standard InChI is InChI=1S/C16H31N3O3/c1-11(14(20)19(5)6)17-12-7-9-13(10-8-12)18-15(21)22-16(2,3)4/h11-13,17H,7-10H2,1-6H3,(H,18,21). The summed E-state index contributed by atoms with van der Waals surface area (Å²) in [5.74, 6) is 0.0917. The summed E-state index contributed by atoms with van der Waals surface area (Å²) >= 11 is 0. The highest BCUT2D eigenvalue weighted by molar-refractivity contribution is 5.80. The van der Waals surface area contributed by atoms with Crippen molar-refractivity contribution in [2.75, 3.05) is 14.1 Å². The highest BCUT2D eigenvalue weighted by atomic mass is 16.6. The molecule has 0 heterocycles. The molecule has 2 N–H and O–H groups in total. The molecule has 0 aliphatic heterocycles. The maximum absolute atomic E-state index is 11.8. The largest absolute Gasteiger partial charge is 0.444 e. The first-order valence-electron chi connectivity index (χ1n) is 8.05. The van der Waals surface area contributed by atoms with Gasteiger partial charge in [0.2, 0.25) is 5.91 Å². The molecule has 0 bridgehead atoms. The van der Waals surface area contributed by atoms with Crippen LogP contribution in [0.2, 0.25) is 0 Å². The van der Waals surface area contributed by atoms with Crippen LogP contribution in [-0.2, 0) is 9.53 Å². The van der Waals surface area contributed by atoms with Gasteiger partial charge in [0.05, 0.1) is 6.04 Å². The summed E-state index contributed by atoms with van der Waals surface area (Å²) in [5.41, 5.74) is -0.467. The van der Waals surface area contributed by atoms with Crippen LogP contribution >= 0.6 is 0 Å². The van der Waals surface area contributed by atoms with Crippen molar-refractivity contribution in [3.63, 3.8) is 0 Å². The van der Waals surface area contributed by atoms with Crippen molar-refractivity contribution in [2.45, 2.75) is 77.1 Å². The minimum atomic E-state index is -0.467. The predicted molar refractivity (Wildman–Crippen MR) is 86.7 cm³/mol. The van der Waals surface area contributed by atoms with Crippen LogP contribution < -0.4 is 10.6 Å². The summed E-state index contributed by atoms with van der Waals surface area (Å²) in [6, 6.07) is 0.318. The molecule has 1 fully saturated rings. The number of hydrogen-bond donors (Lipinski definition) is 2. The number of carbonyl (C=O) groups is 2. The van der Waals surface area contributed by atoms with Crippen molar-refractivity contribution < 1.29 is 14.3 Å². The van der Waals surface area contributed by atoms with Gasteiger partial charge in [-0.25, -0.2) is 4.79 Å². The van der Waals surface area contributed by atoms with Gasteiger partial charge in [-0.3, -0.25) is 4.79 Å². The average Bonchev–Trinajstić information content (AvgIpc) is 2.37. The van der Waals surface area contributed by atoms with Crippen molar-refractivity contribution in [3.8, 4) is 0 Å². The van der Waals surface area contributed by atoms with Crippen LogP contribution in [0.25, 0.3) is 0 Å². The maximum Gasteiger partial charge on any atom is 0.407 e. The maximum atomic E-state index is 11.8. The number of nitrogens with one attached hydrogen (secondary N) is 2. The van der Waals surface area contributed by atoms with Gasteiger partial charge in [-0.2, -0.15) is 0 Å². The molecule has 1 aliphatic rings. The van der Waals surface area contributed by atoms with Crippen molar-refractivity contribution in [2.24, 2.45) is 0 Å². The van der Waals surface area contributed by atoms with Gasteiger partial charge in [0.15, 0.2) is 0 Å². The minimum Gasteiger partial charge on any atom is -0.444 e. The molecular formula is C16H31N3O3. The second-order valence-electron chi connectivity index (χ2n) is 7.32. The molecule has 0 aromatic carbocycles. The van der Waals surface area contributed by atoms with E-state index < -0.39 is 5.60 Å². The van der Waals surface area contributed by atoms with E-state index in [4.69, 9.17) is 4.74 Å². The fourth-order valence-electron chi connectivity index (χ4n) is 2.69. The first-order chi connectivity index (χ1) is 10.1. The zero-order valence-corrected chi connectivity index (χ0v) is 14.7. The monoisotopic (exact) mass is 313 g/mol. The number of nitrogens with zero attached hydrogens (tertiary/aromatic N) is 1. The Morgan fingerprint density at radius 2 is 1.59 bits per heavy atom. The molecular weight excluding hydrogens is 282 g/mol. The third kappa shape index (κ3) is 6.64. The zero-order valence-electron chi connectivity index (χ0n) is 14.7. The summed E-state index contributed by atoms with van der Waals surface area (Å²) in [4.78, 5) is 25.2. The molecule has 1 unspecified atom stereocenters. The molecule has 0 aromatic heterocycles. The van der Waals surface area contributed by atoms with E-state index in [0.717, 1.165) is 25.7 Å². The van der Waals surface area contributed by atoms with E-state index in [0.29, 0.717) is 6.04 Å². The Bertz CT molecular complexity index is 383. The second-order valence-corrected chi connectivity index (χ2v) is 7.32. The molecule has 128 valence electrons. The van der Waals surface area contributed by atoms with Gasteiger partial charge in [-0.05, 0) is 53.4 Å². The Labute approximate surface area is 134 Å². The number of hydrogen-bond acceptors (Lipinski definition) is 4. The number of amides is 2. The molecule has 1 aliphatic carbocycles. The summed E-state index contributed by atoms with van der Waals surface area (Å²) < 4.78 is 5.27. The van der Waals surface area contributed by atoms with Crippen molar-refractivity contribution in [1.29, 1.82) is 0 Å². The molecule has 22 heavy (non-hydrogen) atoms.